The van der Waals surface area contributed by atoms with E-state index in [0.717, 1.165) is 5.75 Å². The number of carbonyl (C=O) groups is 1. The molecule has 3 N–H and O–H groups in total. The zero-order chi connectivity index (χ0) is 13.4. The summed E-state index contributed by atoms with van der Waals surface area (Å²) < 4.78 is 9.95. The topological polar surface area (TPSA) is 73.6 Å². The zero-order valence-corrected chi connectivity index (χ0v) is 10.8. The SMILES string of the molecule is COCC(N)CCNC(=O)c1ccc(OC)cc1. The smallest absolute Gasteiger partial charge is 0.251 e. The van der Waals surface area contributed by atoms with Crippen molar-refractivity contribution in [3.63, 3.8) is 0 Å². The van der Waals surface area contributed by atoms with Crippen molar-refractivity contribution in [3.05, 3.63) is 29.8 Å². The third-order valence-electron chi connectivity index (χ3n) is 2.53. The van der Waals surface area contributed by atoms with Crippen molar-refractivity contribution in [1.29, 1.82) is 0 Å². The average molecular weight is 252 g/mol. The van der Waals surface area contributed by atoms with Crippen LogP contribution in [0.4, 0.5) is 0 Å². The van der Waals surface area contributed by atoms with Crippen molar-refractivity contribution in [2.24, 2.45) is 5.73 Å². The molecule has 1 unspecified atom stereocenters. The first-order valence-corrected chi connectivity index (χ1v) is 5.84. The predicted molar refractivity (Wildman–Crippen MR) is 69.8 cm³/mol. The van der Waals surface area contributed by atoms with Gasteiger partial charge < -0.3 is 20.5 Å². The maximum absolute atomic E-state index is 11.8. The van der Waals surface area contributed by atoms with Gasteiger partial charge in [0.15, 0.2) is 0 Å². The molecule has 0 fully saturated rings. The number of hydrogen-bond acceptors (Lipinski definition) is 4. The normalized spacial score (nSPS) is 11.9. The van der Waals surface area contributed by atoms with Gasteiger partial charge in [0.2, 0.25) is 0 Å². The molecule has 5 nitrogen and oxygen atoms in total. The van der Waals surface area contributed by atoms with E-state index in [-0.39, 0.29) is 11.9 Å². The van der Waals surface area contributed by atoms with E-state index in [4.69, 9.17) is 15.2 Å². The van der Waals surface area contributed by atoms with Crippen molar-refractivity contribution in [3.8, 4) is 5.75 Å². The molecule has 0 saturated heterocycles. The maximum Gasteiger partial charge on any atom is 0.251 e. The molecule has 100 valence electrons. The fourth-order valence-corrected chi connectivity index (χ4v) is 1.51. The van der Waals surface area contributed by atoms with E-state index in [1.165, 1.54) is 0 Å². The molecule has 1 amide bonds. The zero-order valence-electron chi connectivity index (χ0n) is 10.8. The highest BCUT2D eigenvalue weighted by Crippen LogP contribution is 2.10. The summed E-state index contributed by atoms with van der Waals surface area (Å²) in [5.74, 6) is 0.621. The van der Waals surface area contributed by atoms with Gasteiger partial charge in [-0.1, -0.05) is 0 Å². The maximum atomic E-state index is 11.8. The highest BCUT2D eigenvalue weighted by Gasteiger charge is 2.06. The number of amides is 1. The number of nitrogens with two attached hydrogens (primary N) is 1. The molecule has 0 aliphatic heterocycles. The second kappa shape index (κ2) is 7.68. The molecule has 0 aromatic heterocycles. The first-order valence-electron chi connectivity index (χ1n) is 5.84. The lowest BCUT2D eigenvalue weighted by atomic mass is 10.2. The largest absolute Gasteiger partial charge is 0.497 e. The van der Waals surface area contributed by atoms with E-state index in [1.807, 2.05) is 0 Å². The van der Waals surface area contributed by atoms with Gasteiger partial charge in [-0.05, 0) is 30.7 Å². The number of methoxy groups -OCH3 is 2. The number of rotatable bonds is 7. The molecule has 1 aromatic rings. The lowest BCUT2D eigenvalue weighted by molar-refractivity contribution is 0.0950. The summed E-state index contributed by atoms with van der Waals surface area (Å²) in [7, 11) is 3.20. The molecule has 0 aliphatic rings. The fraction of sp³-hybridized carbons (Fsp3) is 0.462. The Hall–Kier alpha value is -1.59. The second-order valence-corrected chi connectivity index (χ2v) is 3.99. The van der Waals surface area contributed by atoms with Crippen LogP contribution in [0.5, 0.6) is 5.75 Å². The number of hydrogen-bond donors (Lipinski definition) is 2. The van der Waals surface area contributed by atoms with Crippen molar-refractivity contribution in [2.45, 2.75) is 12.5 Å². The van der Waals surface area contributed by atoms with Crippen molar-refractivity contribution >= 4 is 5.91 Å². The number of carbonyl (C=O) groups excluding carboxylic acids is 1. The van der Waals surface area contributed by atoms with E-state index in [1.54, 1.807) is 38.5 Å². The van der Waals surface area contributed by atoms with Gasteiger partial charge in [0.25, 0.3) is 5.91 Å². The van der Waals surface area contributed by atoms with Gasteiger partial charge in [0.1, 0.15) is 5.75 Å². The molecular formula is C13H20N2O3. The van der Waals surface area contributed by atoms with Crippen molar-refractivity contribution in [1.82, 2.24) is 5.32 Å². The first kappa shape index (κ1) is 14.5. The Bertz CT molecular complexity index is 365. The molecular weight excluding hydrogens is 232 g/mol. The van der Waals surface area contributed by atoms with Crippen LogP contribution in [-0.4, -0.2) is 39.3 Å². The highest BCUT2D eigenvalue weighted by atomic mass is 16.5. The van der Waals surface area contributed by atoms with Gasteiger partial charge in [-0.25, -0.2) is 0 Å². The Labute approximate surface area is 107 Å². The summed E-state index contributed by atoms with van der Waals surface area (Å²) in [6.45, 7) is 1.04. The summed E-state index contributed by atoms with van der Waals surface area (Å²) in [5.41, 5.74) is 6.36. The average Bonchev–Trinajstić information content (AvgIpc) is 2.39. The Morgan fingerprint density at radius 2 is 2.00 bits per heavy atom. The van der Waals surface area contributed by atoms with E-state index in [0.29, 0.717) is 25.1 Å². The summed E-state index contributed by atoms with van der Waals surface area (Å²) in [6, 6.07) is 6.91. The Morgan fingerprint density at radius 1 is 1.33 bits per heavy atom. The van der Waals surface area contributed by atoms with E-state index < -0.39 is 0 Å². The Balaban J connectivity index is 2.35. The van der Waals surface area contributed by atoms with E-state index >= 15 is 0 Å². The first-order chi connectivity index (χ1) is 8.67. The molecule has 0 heterocycles. The van der Waals surface area contributed by atoms with Crippen LogP contribution in [0.1, 0.15) is 16.8 Å². The fourth-order valence-electron chi connectivity index (χ4n) is 1.51. The summed E-state index contributed by atoms with van der Waals surface area (Å²) >= 11 is 0. The standard InChI is InChI=1S/C13H20N2O3/c1-17-9-11(14)7-8-15-13(16)10-3-5-12(18-2)6-4-10/h3-6,11H,7-9,14H2,1-2H3,(H,15,16). The lowest BCUT2D eigenvalue weighted by Crippen LogP contribution is -2.32. The summed E-state index contributed by atoms with van der Waals surface area (Å²) in [4.78, 5) is 11.8. The van der Waals surface area contributed by atoms with E-state index in [9.17, 15) is 4.79 Å². The van der Waals surface area contributed by atoms with Crippen LogP contribution >= 0.6 is 0 Å². The molecule has 1 aromatic carbocycles. The van der Waals surface area contributed by atoms with Gasteiger partial charge in [-0.15, -0.1) is 0 Å². The van der Waals surface area contributed by atoms with Crippen LogP contribution in [0.25, 0.3) is 0 Å². The Kier molecular flexibility index (Phi) is 6.18. The van der Waals surface area contributed by atoms with Crippen LogP contribution in [0.2, 0.25) is 0 Å². The van der Waals surface area contributed by atoms with Crippen LogP contribution in [0.3, 0.4) is 0 Å². The van der Waals surface area contributed by atoms with Gasteiger partial charge in [0, 0.05) is 25.3 Å². The molecule has 1 atom stereocenters. The van der Waals surface area contributed by atoms with Crippen molar-refractivity contribution in [2.75, 3.05) is 27.4 Å². The van der Waals surface area contributed by atoms with Gasteiger partial charge in [-0.3, -0.25) is 4.79 Å². The highest BCUT2D eigenvalue weighted by molar-refractivity contribution is 5.94. The monoisotopic (exact) mass is 252 g/mol. The molecule has 0 radical (unpaired) electrons. The minimum atomic E-state index is -0.109. The van der Waals surface area contributed by atoms with Gasteiger partial charge >= 0.3 is 0 Å². The predicted octanol–water partition coefficient (Wildman–Crippen LogP) is 0.789. The van der Waals surface area contributed by atoms with Crippen LogP contribution in [0, 0.1) is 0 Å². The molecule has 0 bridgehead atoms. The lowest BCUT2D eigenvalue weighted by Gasteiger charge is -2.11. The molecule has 0 aliphatic carbocycles. The second-order valence-electron chi connectivity index (χ2n) is 3.99. The minimum absolute atomic E-state index is 0.0498. The molecule has 0 saturated carbocycles. The third kappa shape index (κ3) is 4.73. The molecule has 0 spiro atoms. The third-order valence-corrected chi connectivity index (χ3v) is 2.53. The van der Waals surface area contributed by atoms with Crippen LogP contribution in [-0.2, 0) is 4.74 Å². The minimum Gasteiger partial charge on any atom is -0.497 e. The number of benzene rings is 1. The molecule has 18 heavy (non-hydrogen) atoms. The Morgan fingerprint density at radius 3 is 2.56 bits per heavy atom. The van der Waals surface area contributed by atoms with Crippen molar-refractivity contribution < 1.29 is 14.3 Å². The van der Waals surface area contributed by atoms with Crippen LogP contribution < -0.4 is 15.8 Å². The van der Waals surface area contributed by atoms with Gasteiger partial charge in [0.05, 0.1) is 13.7 Å². The number of nitrogens with one attached hydrogen (secondary N) is 1. The van der Waals surface area contributed by atoms with Gasteiger partial charge in [-0.2, -0.15) is 0 Å². The quantitative estimate of drug-likeness (QED) is 0.752. The number of ether oxygens (including phenoxy) is 2. The van der Waals surface area contributed by atoms with E-state index in [2.05, 4.69) is 5.32 Å². The van der Waals surface area contributed by atoms with Crippen LogP contribution in [0.15, 0.2) is 24.3 Å². The molecule has 5 heteroatoms. The summed E-state index contributed by atoms with van der Waals surface area (Å²) in [5, 5.41) is 2.81. The molecule has 1 rings (SSSR count). The summed E-state index contributed by atoms with van der Waals surface area (Å²) in [6.07, 6.45) is 0.690.